The van der Waals surface area contributed by atoms with Crippen molar-refractivity contribution in [3.63, 3.8) is 0 Å². The lowest BCUT2D eigenvalue weighted by Gasteiger charge is -2.14. The van der Waals surface area contributed by atoms with Crippen LogP contribution in [0.3, 0.4) is 0 Å². The van der Waals surface area contributed by atoms with E-state index in [2.05, 4.69) is 15.5 Å². The van der Waals surface area contributed by atoms with Gasteiger partial charge in [0.15, 0.2) is 11.6 Å². The first kappa shape index (κ1) is 15.5. The number of furan rings is 1. The monoisotopic (exact) mass is 332 g/mol. The smallest absolute Gasteiger partial charge is 0.292 e. The lowest BCUT2D eigenvalue weighted by Crippen LogP contribution is -2.29. The quantitative estimate of drug-likeness (QED) is 0.843. The number of anilines is 1. The summed E-state index contributed by atoms with van der Waals surface area (Å²) in [5.41, 5.74) is 0. The molecule has 0 aromatic carbocycles. The van der Waals surface area contributed by atoms with Crippen molar-refractivity contribution in [3.8, 4) is 0 Å². The van der Waals surface area contributed by atoms with Crippen LogP contribution in [0.5, 0.6) is 0 Å². The van der Waals surface area contributed by atoms with E-state index in [0.717, 1.165) is 25.9 Å². The molecule has 0 saturated carbocycles. The zero-order valence-electron chi connectivity index (χ0n) is 12.4. The third-order valence-corrected chi connectivity index (χ3v) is 4.33. The van der Waals surface area contributed by atoms with Crippen molar-refractivity contribution in [2.24, 2.45) is 0 Å². The molecule has 2 aromatic rings. The van der Waals surface area contributed by atoms with Crippen LogP contribution in [0.4, 0.5) is 5.82 Å². The van der Waals surface area contributed by atoms with Crippen molar-refractivity contribution in [2.75, 3.05) is 24.2 Å². The van der Waals surface area contributed by atoms with Crippen molar-refractivity contribution in [2.45, 2.75) is 17.9 Å². The number of hydrogen-bond donors (Lipinski definition) is 1. The molecular weight excluding hydrogens is 316 g/mol. The van der Waals surface area contributed by atoms with Gasteiger partial charge in [0, 0.05) is 13.1 Å². The number of likely N-dealkylation sites (tertiary alicyclic amines) is 1. The van der Waals surface area contributed by atoms with Crippen molar-refractivity contribution in [1.29, 1.82) is 0 Å². The summed E-state index contributed by atoms with van der Waals surface area (Å²) < 4.78 is 5.00. The highest BCUT2D eigenvalue weighted by atomic mass is 32.2. The Balaban J connectivity index is 1.50. The molecule has 3 rings (SSSR count). The lowest BCUT2D eigenvalue weighted by molar-refractivity contribution is -0.127. The van der Waals surface area contributed by atoms with E-state index < -0.39 is 0 Å². The van der Waals surface area contributed by atoms with Gasteiger partial charge in [0.25, 0.3) is 5.91 Å². The first-order valence-electron chi connectivity index (χ1n) is 7.31. The van der Waals surface area contributed by atoms with Gasteiger partial charge in [-0.2, -0.15) is 0 Å². The number of aromatic nitrogens is 2. The Morgan fingerprint density at radius 1 is 1.22 bits per heavy atom. The molecule has 0 atom stereocenters. The summed E-state index contributed by atoms with van der Waals surface area (Å²) in [7, 11) is 0. The van der Waals surface area contributed by atoms with E-state index >= 15 is 0 Å². The van der Waals surface area contributed by atoms with Crippen LogP contribution in [0.1, 0.15) is 23.4 Å². The van der Waals surface area contributed by atoms with E-state index in [1.165, 1.54) is 18.0 Å². The largest absolute Gasteiger partial charge is 0.459 e. The van der Waals surface area contributed by atoms with Gasteiger partial charge in [0.2, 0.25) is 5.91 Å². The predicted molar refractivity (Wildman–Crippen MR) is 85.2 cm³/mol. The Morgan fingerprint density at radius 3 is 2.70 bits per heavy atom. The zero-order valence-corrected chi connectivity index (χ0v) is 13.2. The van der Waals surface area contributed by atoms with Crippen LogP contribution in [0.2, 0.25) is 0 Å². The Bertz CT molecular complexity index is 667. The van der Waals surface area contributed by atoms with E-state index in [1.807, 2.05) is 4.90 Å². The van der Waals surface area contributed by atoms with Gasteiger partial charge in [0.1, 0.15) is 5.03 Å². The maximum atomic E-state index is 12.0. The molecule has 0 aliphatic carbocycles. The van der Waals surface area contributed by atoms with Crippen LogP contribution in [0.25, 0.3) is 0 Å². The second kappa shape index (κ2) is 7.28. The molecular formula is C15H16N4O3S. The summed E-state index contributed by atoms with van der Waals surface area (Å²) in [5, 5.41) is 11.2. The number of nitrogens with one attached hydrogen (secondary N) is 1. The lowest BCUT2D eigenvalue weighted by atomic mass is 10.4. The first-order valence-corrected chi connectivity index (χ1v) is 8.30. The highest BCUT2D eigenvalue weighted by molar-refractivity contribution is 7.99. The van der Waals surface area contributed by atoms with Crippen LogP contribution in [0, 0.1) is 0 Å². The Morgan fingerprint density at radius 2 is 2.04 bits per heavy atom. The van der Waals surface area contributed by atoms with Gasteiger partial charge in [-0.15, -0.1) is 10.2 Å². The normalized spacial score (nSPS) is 14.0. The molecule has 1 aliphatic rings. The number of carbonyl (C=O) groups excluding carboxylic acids is 2. The summed E-state index contributed by atoms with van der Waals surface area (Å²) in [6, 6.07) is 6.58. The van der Waals surface area contributed by atoms with Gasteiger partial charge in [-0.3, -0.25) is 9.59 Å². The summed E-state index contributed by atoms with van der Waals surface area (Å²) >= 11 is 1.34. The molecule has 1 aliphatic heterocycles. The molecule has 8 heteroatoms. The molecule has 23 heavy (non-hydrogen) atoms. The third-order valence-electron chi connectivity index (χ3n) is 3.43. The van der Waals surface area contributed by atoms with E-state index in [1.54, 1.807) is 24.3 Å². The van der Waals surface area contributed by atoms with Crippen molar-refractivity contribution >= 4 is 29.4 Å². The van der Waals surface area contributed by atoms with Crippen molar-refractivity contribution in [1.82, 2.24) is 15.1 Å². The second-order valence-electron chi connectivity index (χ2n) is 5.06. The fourth-order valence-corrected chi connectivity index (χ4v) is 2.96. The van der Waals surface area contributed by atoms with E-state index in [9.17, 15) is 9.59 Å². The summed E-state index contributed by atoms with van der Waals surface area (Å²) in [6.07, 6.45) is 3.60. The molecule has 120 valence electrons. The predicted octanol–water partition coefficient (Wildman–Crippen LogP) is 2.04. The maximum Gasteiger partial charge on any atom is 0.292 e. The molecule has 7 nitrogen and oxygen atoms in total. The standard InChI is InChI=1S/C15H16N4O3S/c20-14(19-7-1-2-8-19)10-23-13-6-5-12(17-18-13)16-15(21)11-4-3-9-22-11/h3-6,9H,1-2,7-8,10H2,(H,16,17,21). The van der Waals surface area contributed by atoms with Crippen LogP contribution in [-0.2, 0) is 4.79 Å². The zero-order chi connectivity index (χ0) is 16.1. The van der Waals surface area contributed by atoms with Gasteiger partial charge in [0.05, 0.1) is 12.0 Å². The molecule has 0 spiro atoms. The van der Waals surface area contributed by atoms with Gasteiger partial charge >= 0.3 is 0 Å². The van der Waals surface area contributed by atoms with Crippen molar-refractivity contribution < 1.29 is 14.0 Å². The van der Waals surface area contributed by atoms with Gasteiger partial charge in [-0.25, -0.2) is 0 Å². The van der Waals surface area contributed by atoms with Crippen LogP contribution in [-0.4, -0.2) is 45.8 Å². The highest BCUT2D eigenvalue weighted by Gasteiger charge is 2.18. The minimum absolute atomic E-state index is 0.129. The van der Waals surface area contributed by atoms with E-state index in [-0.39, 0.29) is 17.6 Å². The number of thioether (sulfide) groups is 1. The topological polar surface area (TPSA) is 88.3 Å². The minimum Gasteiger partial charge on any atom is -0.459 e. The van der Waals surface area contributed by atoms with Crippen LogP contribution in [0.15, 0.2) is 40.0 Å². The average molecular weight is 332 g/mol. The molecule has 1 N–H and O–H groups in total. The summed E-state index contributed by atoms with van der Waals surface area (Å²) in [6.45, 7) is 1.70. The minimum atomic E-state index is -0.381. The molecule has 1 saturated heterocycles. The van der Waals surface area contributed by atoms with Crippen LogP contribution >= 0.6 is 11.8 Å². The van der Waals surface area contributed by atoms with Crippen molar-refractivity contribution in [3.05, 3.63) is 36.3 Å². The molecule has 3 heterocycles. The molecule has 1 fully saturated rings. The van der Waals surface area contributed by atoms with E-state index in [0.29, 0.717) is 16.6 Å². The molecule has 2 aromatic heterocycles. The third kappa shape index (κ3) is 4.10. The highest BCUT2D eigenvalue weighted by Crippen LogP contribution is 2.18. The maximum absolute atomic E-state index is 12.0. The Labute approximate surface area is 137 Å². The fourth-order valence-electron chi connectivity index (χ4n) is 2.24. The van der Waals surface area contributed by atoms with Gasteiger partial charge in [-0.1, -0.05) is 11.8 Å². The molecule has 2 amide bonds. The fraction of sp³-hybridized carbons (Fsp3) is 0.333. The number of amides is 2. The number of hydrogen-bond acceptors (Lipinski definition) is 6. The summed E-state index contributed by atoms with van der Waals surface area (Å²) in [5.74, 6) is 0.647. The summed E-state index contributed by atoms with van der Waals surface area (Å²) in [4.78, 5) is 25.6. The second-order valence-corrected chi connectivity index (χ2v) is 6.06. The number of carbonyl (C=O) groups is 2. The molecule has 0 radical (unpaired) electrons. The average Bonchev–Trinajstić information content (AvgIpc) is 3.27. The first-order chi connectivity index (χ1) is 11.2. The molecule has 0 unspecified atom stereocenters. The SMILES string of the molecule is O=C(Nc1ccc(SCC(=O)N2CCCC2)nn1)c1ccco1. The van der Waals surface area contributed by atoms with Gasteiger partial charge in [-0.05, 0) is 37.1 Å². The Hall–Kier alpha value is -2.35. The van der Waals surface area contributed by atoms with E-state index in [4.69, 9.17) is 4.42 Å². The number of rotatable bonds is 5. The Kier molecular flexibility index (Phi) is 4.92. The number of nitrogens with zero attached hydrogens (tertiary/aromatic N) is 3. The van der Waals surface area contributed by atoms with Gasteiger partial charge < -0.3 is 14.6 Å². The molecule has 0 bridgehead atoms. The van der Waals surface area contributed by atoms with Crippen LogP contribution < -0.4 is 5.32 Å².